The van der Waals surface area contributed by atoms with Gasteiger partial charge in [0.15, 0.2) is 5.65 Å². The summed E-state index contributed by atoms with van der Waals surface area (Å²) < 4.78 is 57.1. The van der Waals surface area contributed by atoms with E-state index in [-0.39, 0.29) is 11.7 Å². The van der Waals surface area contributed by atoms with E-state index in [1.165, 1.54) is 30.6 Å². The van der Waals surface area contributed by atoms with Crippen LogP contribution >= 0.6 is 0 Å². The third-order valence-corrected chi connectivity index (χ3v) is 5.55. The molecule has 5 rings (SSSR count). The van der Waals surface area contributed by atoms with Gasteiger partial charge in [0.2, 0.25) is 5.95 Å². The molecule has 1 fully saturated rings. The lowest BCUT2D eigenvalue weighted by Gasteiger charge is -2.31. The molecule has 0 amide bonds. The summed E-state index contributed by atoms with van der Waals surface area (Å²) in [6, 6.07) is 6.87. The molecular weight excluding hydrogens is 464 g/mol. The Morgan fingerprint density at radius 3 is 2.51 bits per heavy atom. The van der Waals surface area contributed by atoms with E-state index in [9.17, 15) is 17.6 Å². The maximum absolute atomic E-state index is 14.5. The number of benzene rings is 1. The lowest BCUT2D eigenvalue weighted by Crippen LogP contribution is -2.42. The summed E-state index contributed by atoms with van der Waals surface area (Å²) >= 11 is 0. The molecule has 0 bridgehead atoms. The normalized spacial score (nSPS) is 15.9. The van der Waals surface area contributed by atoms with Gasteiger partial charge in [-0.1, -0.05) is 0 Å². The average molecular weight is 488 g/mol. The molecule has 0 aliphatic carbocycles. The van der Waals surface area contributed by atoms with Crippen molar-refractivity contribution in [1.82, 2.24) is 24.7 Å². The number of ether oxygens (including phenoxy) is 1. The highest BCUT2D eigenvalue weighted by Gasteiger charge is 2.22. The number of halogens is 4. The van der Waals surface area contributed by atoms with E-state index in [1.54, 1.807) is 0 Å². The van der Waals surface area contributed by atoms with Crippen molar-refractivity contribution in [3.05, 3.63) is 65.6 Å². The average Bonchev–Trinajstić information content (AvgIpc) is 3.36. The Bertz CT molecular complexity index is 1320. The van der Waals surface area contributed by atoms with Crippen molar-refractivity contribution in [2.75, 3.05) is 24.6 Å². The van der Waals surface area contributed by atoms with Gasteiger partial charge in [0.05, 0.1) is 18.4 Å². The molecule has 0 saturated carbocycles. The predicted octanol–water partition coefficient (Wildman–Crippen LogP) is 5.09. The quantitative estimate of drug-likeness (QED) is 0.374. The minimum Gasteiger partial charge on any atom is -0.375 e. The van der Waals surface area contributed by atoms with Gasteiger partial charge < -0.3 is 9.64 Å². The van der Waals surface area contributed by atoms with Crippen LogP contribution in [0.3, 0.4) is 0 Å². The van der Waals surface area contributed by atoms with Gasteiger partial charge in [-0.05, 0) is 50.6 Å². The molecule has 184 valence electrons. The van der Waals surface area contributed by atoms with Gasteiger partial charge >= 0.3 is 6.55 Å². The highest BCUT2D eigenvalue weighted by atomic mass is 19.3. The largest absolute Gasteiger partial charge is 0.375 e. The van der Waals surface area contributed by atoms with Crippen LogP contribution in [-0.4, -0.2) is 50.5 Å². The molecule has 1 atom stereocenters. The number of anilines is 1. The van der Waals surface area contributed by atoms with Gasteiger partial charge in [-0.3, -0.25) is 0 Å². The predicted molar refractivity (Wildman–Crippen MR) is 123 cm³/mol. The van der Waals surface area contributed by atoms with Gasteiger partial charge in [-0.15, -0.1) is 0 Å². The number of rotatable bonds is 3. The van der Waals surface area contributed by atoms with E-state index < -0.39 is 18.2 Å². The lowest BCUT2D eigenvalue weighted by atomic mass is 10.1. The van der Waals surface area contributed by atoms with Crippen molar-refractivity contribution in [3.63, 3.8) is 0 Å². The van der Waals surface area contributed by atoms with E-state index in [4.69, 9.17) is 4.74 Å². The number of alkyl halides is 2. The van der Waals surface area contributed by atoms with Gasteiger partial charge in [0, 0.05) is 48.2 Å². The van der Waals surface area contributed by atoms with Crippen molar-refractivity contribution >= 4 is 17.0 Å². The zero-order valence-electron chi connectivity index (χ0n) is 19.4. The van der Waals surface area contributed by atoms with E-state index in [2.05, 4.69) is 20.1 Å². The molecule has 4 aromatic rings. The summed E-state index contributed by atoms with van der Waals surface area (Å²) in [7, 11) is 0. The Morgan fingerprint density at radius 2 is 1.89 bits per heavy atom. The Labute approximate surface area is 199 Å². The molecule has 1 saturated heterocycles. The zero-order valence-corrected chi connectivity index (χ0v) is 19.4. The first-order chi connectivity index (χ1) is 16.7. The smallest absolute Gasteiger partial charge is 0.333 e. The molecule has 0 unspecified atom stereocenters. The molecule has 1 aliphatic heterocycles. The Kier molecular flexibility index (Phi) is 7.25. The van der Waals surface area contributed by atoms with Crippen LogP contribution in [0.15, 0.2) is 42.7 Å². The molecule has 35 heavy (non-hydrogen) atoms. The van der Waals surface area contributed by atoms with Gasteiger partial charge in [0.1, 0.15) is 11.6 Å². The number of fused-ring (bicyclic) bond motifs is 1. The second-order valence-corrected chi connectivity index (χ2v) is 8.15. The van der Waals surface area contributed by atoms with E-state index >= 15 is 0 Å². The van der Waals surface area contributed by atoms with Crippen molar-refractivity contribution in [2.45, 2.75) is 33.4 Å². The zero-order chi connectivity index (χ0) is 25.1. The second-order valence-electron chi connectivity index (χ2n) is 8.15. The molecule has 7 nitrogen and oxygen atoms in total. The Morgan fingerprint density at radius 1 is 1.09 bits per heavy atom. The number of hydrogen-bond acceptors (Lipinski definition) is 6. The number of aromatic nitrogens is 5. The first-order valence-corrected chi connectivity index (χ1v) is 11.0. The Balaban J connectivity index is 0.000000308. The summed E-state index contributed by atoms with van der Waals surface area (Å²) in [6.07, 6.45) is 2.58. The minimum atomic E-state index is -2.51. The van der Waals surface area contributed by atoms with Crippen LogP contribution in [0.5, 0.6) is 0 Å². The first kappa shape index (κ1) is 24.5. The highest BCUT2D eigenvalue weighted by molar-refractivity contribution is 5.92. The van der Waals surface area contributed by atoms with Crippen LogP contribution in [0.2, 0.25) is 0 Å². The highest BCUT2D eigenvalue weighted by Crippen LogP contribution is 2.31. The molecule has 4 heterocycles. The van der Waals surface area contributed by atoms with Gasteiger partial charge in [0.25, 0.3) is 0 Å². The molecule has 11 heteroatoms. The van der Waals surface area contributed by atoms with Crippen LogP contribution in [0.4, 0.5) is 23.5 Å². The molecule has 1 aliphatic rings. The first-order valence-electron chi connectivity index (χ1n) is 11.0. The number of hydrogen-bond donors (Lipinski definition) is 0. The van der Waals surface area contributed by atoms with Crippen molar-refractivity contribution < 1.29 is 22.3 Å². The van der Waals surface area contributed by atoms with Crippen LogP contribution in [0, 0.1) is 25.5 Å². The fraction of sp³-hybridized carbons (Fsp3) is 0.333. The monoisotopic (exact) mass is 488 g/mol. The minimum absolute atomic E-state index is 0.0526. The van der Waals surface area contributed by atoms with Crippen molar-refractivity contribution in [3.8, 4) is 11.3 Å². The van der Waals surface area contributed by atoms with Crippen LogP contribution < -0.4 is 4.90 Å². The SMILES string of the molecule is Cc1cc2c(-c3ccc(F)cc3F)nc(N3CCO[C@@H](C)C3)nc2nc1C.FC(F)n1cccn1. The van der Waals surface area contributed by atoms with E-state index in [0.29, 0.717) is 47.1 Å². The lowest BCUT2D eigenvalue weighted by molar-refractivity contribution is 0.0526. The number of nitrogens with zero attached hydrogens (tertiary/aromatic N) is 6. The van der Waals surface area contributed by atoms with Gasteiger partial charge in [-0.2, -0.15) is 18.9 Å². The van der Waals surface area contributed by atoms with E-state index in [0.717, 1.165) is 17.3 Å². The molecule has 0 radical (unpaired) electrons. The van der Waals surface area contributed by atoms with Crippen LogP contribution in [-0.2, 0) is 4.74 Å². The Hall–Kier alpha value is -3.60. The summed E-state index contributed by atoms with van der Waals surface area (Å²) in [5, 5.41) is 3.93. The van der Waals surface area contributed by atoms with Crippen molar-refractivity contribution in [2.24, 2.45) is 0 Å². The van der Waals surface area contributed by atoms with Crippen molar-refractivity contribution in [1.29, 1.82) is 0 Å². The fourth-order valence-electron chi connectivity index (χ4n) is 3.66. The molecule has 0 spiro atoms. The third-order valence-electron chi connectivity index (χ3n) is 5.55. The molecule has 3 aromatic heterocycles. The summed E-state index contributed by atoms with van der Waals surface area (Å²) in [5.74, 6) is -0.802. The van der Waals surface area contributed by atoms with Gasteiger partial charge in [-0.25, -0.2) is 23.4 Å². The summed E-state index contributed by atoms with van der Waals surface area (Å²) in [5.41, 5.74) is 2.97. The molecule has 0 N–H and O–H groups in total. The topological polar surface area (TPSA) is 69.0 Å². The second kappa shape index (κ2) is 10.3. The van der Waals surface area contributed by atoms with E-state index in [1.807, 2.05) is 31.7 Å². The fourth-order valence-corrected chi connectivity index (χ4v) is 3.66. The van der Waals surface area contributed by atoms with Crippen LogP contribution in [0.25, 0.3) is 22.3 Å². The maximum Gasteiger partial charge on any atom is 0.333 e. The molecule has 1 aromatic carbocycles. The number of pyridine rings is 1. The molecular formula is C24H24F4N6O. The van der Waals surface area contributed by atoms with Crippen LogP contribution in [0.1, 0.15) is 24.7 Å². The summed E-state index contributed by atoms with van der Waals surface area (Å²) in [4.78, 5) is 15.9. The third kappa shape index (κ3) is 5.56. The number of morpholine rings is 1. The summed E-state index contributed by atoms with van der Waals surface area (Å²) in [6.45, 7) is 5.18. The number of aryl methyl sites for hydroxylation is 2. The standard InChI is InChI=1S/C20H20F2N4O.C4H4F2N2/c1-11-8-16-18(15-5-4-14(21)9-17(15)22)24-20(25-19(16)23-13(11)3)26-6-7-27-12(2)10-26;5-4(6)8-3-1-2-7-8/h4-5,8-9,12H,6-7,10H2,1-3H3;1-4H/t12-;/m0./s1. The maximum atomic E-state index is 14.5.